The molecule has 1 aliphatic heterocycles. The Morgan fingerprint density at radius 1 is 0.900 bits per heavy atom. The second-order valence-electron chi connectivity index (χ2n) is 13.6. The van der Waals surface area contributed by atoms with Crippen molar-refractivity contribution in [3.63, 3.8) is 0 Å². The summed E-state index contributed by atoms with van der Waals surface area (Å²) in [6.07, 6.45) is 8.82. The van der Waals surface area contributed by atoms with Crippen molar-refractivity contribution in [2.45, 2.75) is 83.7 Å². The fourth-order valence-electron chi connectivity index (χ4n) is 9.84. The van der Waals surface area contributed by atoms with Crippen molar-refractivity contribution in [1.82, 2.24) is 10.2 Å². The molecule has 0 spiro atoms. The quantitative estimate of drug-likeness (QED) is 0.443. The first-order valence-corrected chi connectivity index (χ1v) is 15.7. The lowest BCUT2D eigenvalue weighted by Crippen LogP contribution is -2.62. The maximum atomic E-state index is 14.1. The molecular formula is C35H46N2O3. The molecule has 2 amide bonds. The van der Waals surface area contributed by atoms with Gasteiger partial charge in [-0.05, 0) is 91.1 Å². The standard InChI is InChI=1S/C35H46N2O3/c1-34-20-18-28-26(14-17-30-35(28,2)21-19-31(39)37(30)22-9-23-38)27(34)15-16-29(34)33(40)36-32(24-10-5-3-6-11-24)25-12-7-4-8-13-25/h3-8,10-13,26-30,32,38H,9,14-23H2,1-2H3,(H,36,40)/t26-,27-,28-,29+,30+,34-,35+/m0/s1. The van der Waals surface area contributed by atoms with Crippen LogP contribution in [0, 0.1) is 34.5 Å². The summed E-state index contributed by atoms with van der Waals surface area (Å²) in [6.45, 7) is 5.69. The highest BCUT2D eigenvalue weighted by Gasteiger charge is 2.62. The normalized spacial score (nSPS) is 35.1. The minimum absolute atomic E-state index is 0.0213. The average molecular weight is 543 g/mol. The molecule has 0 aromatic heterocycles. The number of rotatable bonds is 7. The zero-order valence-corrected chi connectivity index (χ0v) is 24.2. The second kappa shape index (κ2) is 11.0. The number of amides is 2. The van der Waals surface area contributed by atoms with Gasteiger partial charge < -0.3 is 15.3 Å². The van der Waals surface area contributed by atoms with Gasteiger partial charge in [0.2, 0.25) is 11.8 Å². The lowest BCUT2D eigenvalue weighted by atomic mass is 9.46. The third-order valence-corrected chi connectivity index (χ3v) is 11.8. The van der Waals surface area contributed by atoms with E-state index in [1.165, 1.54) is 0 Å². The van der Waals surface area contributed by atoms with E-state index in [1.807, 2.05) is 36.4 Å². The number of aliphatic hydroxyl groups excluding tert-OH is 1. The van der Waals surface area contributed by atoms with Gasteiger partial charge in [0, 0.05) is 31.5 Å². The van der Waals surface area contributed by atoms with Crippen LogP contribution in [0.5, 0.6) is 0 Å². The van der Waals surface area contributed by atoms with Gasteiger partial charge in [0.25, 0.3) is 0 Å². The zero-order chi connectivity index (χ0) is 27.9. The summed E-state index contributed by atoms with van der Waals surface area (Å²) in [5, 5.41) is 12.9. The molecule has 1 heterocycles. The molecule has 0 unspecified atom stereocenters. The molecule has 5 heteroatoms. The third-order valence-electron chi connectivity index (χ3n) is 11.8. The number of piperidine rings is 1. The lowest BCUT2D eigenvalue weighted by molar-refractivity contribution is -0.163. The summed E-state index contributed by atoms with van der Waals surface area (Å²) in [5.41, 5.74) is 2.40. The third kappa shape index (κ3) is 4.58. The van der Waals surface area contributed by atoms with E-state index in [2.05, 4.69) is 48.3 Å². The van der Waals surface area contributed by atoms with Gasteiger partial charge in [-0.15, -0.1) is 0 Å². The number of fused-ring (bicyclic) bond motifs is 5. The van der Waals surface area contributed by atoms with Crippen molar-refractivity contribution in [3.8, 4) is 0 Å². The molecule has 40 heavy (non-hydrogen) atoms. The molecule has 214 valence electrons. The van der Waals surface area contributed by atoms with Crippen LogP contribution in [0.15, 0.2) is 60.7 Å². The number of nitrogens with zero attached hydrogens (tertiary/aromatic N) is 1. The molecule has 3 saturated carbocycles. The summed E-state index contributed by atoms with van der Waals surface area (Å²) in [6, 6.07) is 20.8. The number of nitrogens with one attached hydrogen (secondary N) is 1. The zero-order valence-electron chi connectivity index (χ0n) is 24.2. The van der Waals surface area contributed by atoms with E-state index in [4.69, 9.17) is 0 Å². The number of hydrogen-bond acceptors (Lipinski definition) is 3. The first-order valence-electron chi connectivity index (χ1n) is 15.7. The number of carbonyl (C=O) groups is 2. The Hall–Kier alpha value is -2.66. The molecule has 6 rings (SSSR count). The van der Waals surface area contributed by atoms with Crippen LogP contribution in [0.2, 0.25) is 0 Å². The van der Waals surface area contributed by atoms with Crippen LogP contribution < -0.4 is 5.32 Å². The summed E-state index contributed by atoms with van der Waals surface area (Å²) < 4.78 is 0. The van der Waals surface area contributed by atoms with Crippen LogP contribution in [-0.4, -0.2) is 41.0 Å². The Morgan fingerprint density at radius 3 is 2.20 bits per heavy atom. The highest BCUT2D eigenvalue weighted by Crippen LogP contribution is 2.66. The molecule has 1 saturated heterocycles. The van der Waals surface area contributed by atoms with Gasteiger partial charge in [-0.1, -0.05) is 74.5 Å². The Kier molecular flexibility index (Phi) is 7.54. The Balaban J connectivity index is 1.21. The van der Waals surface area contributed by atoms with Crippen LogP contribution in [0.4, 0.5) is 0 Å². The molecule has 2 aromatic carbocycles. The molecular weight excluding hydrogens is 496 g/mol. The van der Waals surface area contributed by atoms with E-state index < -0.39 is 0 Å². The van der Waals surface area contributed by atoms with Crippen molar-refractivity contribution in [2.24, 2.45) is 34.5 Å². The maximum Gasteiger partial charge on any atom is 0.224 e. The van der Waals surface area contributed by atoms with Crippen molar-refractivity contribution >= 4 is 11.8 Å². The fraction of sp³-hybridized carbons (Fsp3) is 0.600. The highest BCUT2D eigenvalue weighted by molar-refractivity contribution is 5.81. The monoisotopic (exact) mass is 542 g/mol. The number of likely N-dealkylation sites (tertiary alicyclic amines) is 1. The first-order chi connectivity index (χ1) is 19.4. The molecule has 0 bridgehead atoms. The van der Waals surface area contributed by atoms with E-state index in [-0.39, 0.29) is 41.2 Å². The number of hydrogen-bond donors (Lipinski definition) is 2. The van der Waals surface area contributed by atoms with E-state index in [0.717, 1.165) is 56.1 Å². The van der Waals surface area contributed by atoms with Gasteiger partial charge in [0.1, 0.15) is 0 Å². The fourth-order valence-corrected chi connectivity index (χ4v) is 9.84. The van der Waals surface area contributed by atoms with Gasteiger partial charge in [-0.25, -0.2) is 0 Å². The van der Waals surface area contributed by atoms with Gasteiger partial charge in [-0.2, -0.15) is 0 Å². The smallest absolute Gasteiger partial charge is 0.224 e. The minimum Gasteiger partial charge on any atom is -0.396 e. The molecule has 5 nitrogen and oxygen atoms in total. The Morgan fingerprint density at radius 2 is 1.55 bits per heavy atom. The van der Waals surface area contributed by atoms with Gasteiger partial charge in [0.05, 0.1) is 6.04 Å². The maximum absolute atomic E-state index is 14.1. The molecule has 2 aromatic rings. The molecule has 2 N–H and O–H groups in total. The largest absolute Gasteiger partial charge is 0.396 e. The highest BCUT2D eigenvalue weighted by atomic mass is 16.3. The van der Waals surface area contributed by atoms with E-state index >= 15 is 0 Å². The van der Waals surface area contributed by atoms with Gasteiger partial charge in [0.15, 0.2) is 0 Å². The van der Waals surface area contributed by atoms with Gasteiger partial charge >= 0.3 is 0 Å². The molecule has 4 aliphatic rings. The second-order valence-corrected chi connectivity index (χ2v) is 13.6. The minimum atomic E-state index is -0.145. The average Bonchev–Trinajstić information content (AvgIpc) is 3.34. The summed E-state index contributed by atoms with van der Waals surface area (Å²) in [5.74, 6) is 2.32. The number of carbonyl (C=O) groups excluding carboxylic acids is 2. The van der Waals surface area contributed by atoms with Crippen LogP contribution in [0.3, 0.4) is 0 Å². The van der Waals surface area contributed by atoms with Gasteiger partial charge in [-0.3, -0.25) is 9.59 Å². The molecule has 3 aliphatic carbocycles. The molecule has 7 atom stereocenters. The summed E-state index contributed by atoms with van der Waals surface area (Å²) >= 11 is 0. The van der Waals surface area contributed by atoms with Crippen LogP contribution in [0.25, 0.3) is 0 Å². The predicted molar refractivity (Wildman–Crippen MR) is 157 cm³/mol. The summed E-state index contributed by atoms with van der Waals surface area (Å²) in [4.78, 5) is 29.1. The molecule has 0 radical (unpaired) electrons. The van der Waals surface area contributed by atoms with Crippen LogP contribution in [0.1, 0.15) is 88.8 Å². The molecule has 4 fully saturated rings. The van der Waals surface area contributed by atoms with Crippen LogP contribution >= 0.6 is 0 Å². The predicted octanol–water partition coefficient (Wildman–Crippen LogP) is 6.12. The van der Waals surface area contributed by atoms with E-state index in [0.29, 0.717) is 43.2 Å². The SMILES string of the molecule is C[C@]12CC[C@H]3[C@@H](CC[C@H]4N(CCCO)C(=O)CC[C@]34C)[C@@H]1CC[C@@H]2C(=O)NC(c1ccccc1)c1ccccc1. The number of aliphatic hydroxyl groups is 1. The van der Waals surface area contributed by atoms with Crippen molar-refractivity contribution in [2.75, 3.05) is 13.2 Å². The number of benzene rings is 2. The van der Waals surface area contributed by atoms with E-state index in [1.54, 1.807) is 0 Å². The lowest BCUT2D eigenvalue weighted by Gasteiger charge is -2.62. The first kappa shape index (κ1) is 27.5. The van der Waals surface area contributed by atoms with Crippen molar-refractivity contribution < 1.29 is 14.7 Å². The summed E-state index contributed by atoms with van der Waals surface area (Å²) in [7, 11) is 0. The Bertz CT molecular complexity index is 1160. The topological polar surface area (TPSA) is 69.6 Å². The van der Waals surface area contributed by atoms with Crippen LogP contribution in [-0.2, 0) is 9.59 Å². The van der Waals surface area contributed by atoms with Crippen molar-refractivity contribution in [1.29, 1.82) is 0 Å². The van der Waals surface area contributed by atoms with E-state index in [9.17, 15) is 14.7 Å². The van der Waals surface area contributed by atoms with Crippen molar-refractivity contribution in [3.05, 3.63) is 71.8 Å². The Labute approximate surface area is 239 Å².